The Morgan fingerprint density at radius 3 is 2.00 bits per heavy atom. The van der Waals surface area contributed by atoms with Gasteiger partial charge in [0.2, 0.25) is 5.91 Å². The molecule has 3 amide bonds. The van der Waals surface area contributed by atoms with Gasteiger partial charge < -0.3 is 29.3 Å². The number of nitrogens with one attached hydrogen (secondary N) is 1. The number of alkyl carbamates (subject to hydrolysis) is 1. The predicted molar refractivity (Wildman–Crippen MR) is 231 cm³/mol. The molecule has 1 aromatic heterocycles. The molecule has 0 aliphatic heterocycles. The van der Waals surface area contributed by atoms with E-state index in [1.165, 1.54) is 14.0 Å². The Hall–Kier alpha value is -6.04. The zero-order chi connectivity index (χ0) is 43.8. The van der Waals surface area contributed by atoms with Gasteiger partial charge in [-0.1, -0.05) is 106 Å². The summed E-state index contributed by atoms with van der Waals surface area (Å²) in [5, 5.41) is 2.90. The van der Waals surface area contributed by atoms with Crippen LogP contribution in [0.1, 0.15) is 98.3 Å². The molecule has 12 nitrogen and oxygen atoms in total. The van der Waals surface area contributed by atoms with Gasteiger partial charge in [-0.3, -0.25) is 19.2 Å². The van der Waals surface area contributed by atoms with Crippen LogP contribution in [0.3, 0.4) is 0 Å². The number of amides is 3. The lowest BCUT2D eigenvalue weighted by Gasteiger charge is -2.36. The summed E-state index contributed by atoms with van der Waals surface area (Å²) < 4.78 is 16.7. The van der Waals surface area contributed by atoms with Gasteiger partial charge in [-0.25, -0.2) is 9.78 Å². The lowest BCUT2D eigenvalue weighted by atomic mass is 9.93. The van der Waals surface area contributed by atoms with Crippen LogP contribution in [0, 0.1) is 17.8 Å². The Kier molecular flexibility index (Phi) is 14.6. The predicted octanol–water partition coefficient (Wildman–Crippen LogP) is 7.76. The molecule has 0 unspecified atom stereocenters. The molecule has 61 heavy (non-hydrogen) atoms. The van der Waals surface area contributed by atoms with Crippen molar-refractivity contribution in [1.29, 1.82) is 0 Å². The molecule has 0 bridgehead atoms. The Morgan fingerprint density at radius 1 is 0.787 bits per heavy atom. The third kappa shape index (κ3) is 10.8. The smallest absolute Gasteiger partial charge is 0.407 e. The van der Waals surface area contributed by atoms with Gasteiger partial charge >= 0.3 is 18.0 Å². The number of hydrogen-bond acceptors (Lipinski definition) is 9. The largest absolute Gasteiger partial charge is 0.469 e. The van der Waals surface area contributed by atoms with Crippen molar-refractivity contribution in [3.63, 3.8) is 0 Å². The maximum atomic E-state index is 14.3. The molecule has 1 heterocycles. The SMILES string of the molecule is COC(=O)[C@@H](C)C[C@H](Cc1ccccc1)N(C)C(=O)c1cccc([C@@H](C[C@H](C(C)C)N(C)C(=O)[C@@H](NC(=O)OCC2c3ccccc3-c3ccccc32)C2CC2)OC(C)=O)n1. The maximum absolute atomic E-state index is 14.3. The van der Waals surface area contributed by atoms with Gasteiger partial charge in [-0.05, 0) is 77.5 Å². The van der Waals surface area contributed by atoms with E-state index in [1.54, 1.807) is 49.0 Å². The number of nitrogens with zero attached hydrogens (tertiary/aromatic N) is 3. The molecule has 1 saturated carbocycles. The van der Waals surface area contributed by atoms with E-state index in [0.717, 1.165) is 40.7 Å². The van der Waals surface area contributed by atoms with E-state index in [2.05, 4.69) is 29.6 Å². The quantitative estimate of drug-likeness (QED) is 0.0786. The number of rotatable bonds is 18. The zero-order valence-corrected chi connectivity index (χ0v) is 36.2. The Balaban J connectivity index is 1.16. The minimum Gasteiger partial charge on any atom is -0.469 e. The van der Waals surface area contributed by atoms with Crippen molar-refractivity contribution in [2.24, 2.45) is 17.8 Å². The first-order valence-electron chi connectivity index (χ1n) is 21.2. The minimum atomic E-state index is -0.896. The van der Waals surface area contributed by atoms with Crippen molar-refractivity contribution in [3.05, 3.63) is 125 Å². The van der Waals surface area contributed by atoms with E-state index in [9.17, 15) is 24.0 Å². The summed E-state index contributed by atoms with van der Waals surface area (Å²) in [5.41, 5.74) is 5.97. The van der Waals surface area contributed by atoms with Gasteiger partial charge in [0.25, 0.3) is 5.91 Å². The van der Waals surface area contributed by atoms with Crippen molar-refractivity contribution >= 4 is 29.8 Å². The fraction of sp³-hybridized carbons (Fsp3) is 0.429. The van der Waals surface area contributed by atoms with E-state index in [4.69, 9.17) is 19.2 Å². The van der Waals surface area contributed by atoms with Crippen LogP contribution < -0.4 is 5.32 Å². The van der Waals surface area contributed by atoms with Crippen LogP contribution >= 0.6 is 0 Å². The van der Waals surface area contributed by atoms with E-state index >= 15 is 0 Å². The van der Waals surface area contributed by atoms with E-state index in [-0.39, 0.29) is 60.3 Å². The summed E-state index contributed by atoms with van der Waals surface area (Å²) in [5.74, 6) is -2.22. The van der Waals surface area contributed by atoms with Crippen LogP contribution in [-0.4, -0.2) is 90.6 Å². The molecule has 0 spiro atoms. The summed E-state index contributed by atoms with van der Waals surface area (Å²) in [6.07, 6.45) is 1.11. The molecular formula is C49H58N4O8. The fourth-order valence-electron chi connectivity index (χ4n) is 8.55. The number of pyridine rings is 1. The number of esters is 2. The number of hydrogen-bond donors (Lipinski definition) is 1. The maximum Gasteiger partial charge on any atom is 0.407 e. The van der Waals surface area contributed by atoms with Crippen LogP contribution in [0.4, 0.5) is 4.79 Å². The first-order chi connectivity index (χ1) is 29.3. The van der Waals surface area contributed by atoms with Crippen molar-refractivity contribution in [2.45, 2.75) is 89.9 Å². The molecule has 4 aromatic rings. The first kappa shape index (κ1) is 44.5. The van der Waals surface area contributed by atoms with Crippen LogP contribution in [0.15, 0.2) is 97.1 Å². The molecule has 3 aromatic carbocycles. The molecular weight excluding hydrogens is 773 g/mol. The summed E-state index contributed by atoms with van der Waals surface area (Å²) in [4.78, 5) is 74.9. The second-order valence-electron chi connectivity index (χ2n) is 16.7. The van der Waals surface area contributed by atoms with Crippen LogP contribution in [-0.2, 0) is 35.0 Å². The van der Waals surface area contributed by atoms with Crippen LogP contribution in [0.25, 0.3) is 11.1 Å². The molecule has 1 fully saturated rings. The first-order valence-corrected chi connectivity index (χ1v) is 21.2. The number of ether oxygens (including phenoxy) is 3. The Labute approximate surface area is 359 Å². The van der Waals surface area contributed by atoms with Gasteiger partial charge in [0.05, 0.1) is 18.7 Å². The summed E-state index contributed by atoms with van der Waals surface area (Å²) in [7, 11) is 4.75. The van der Waals surface area contributed by atoms with Gasteiger partial charge in [0.1, 0.15) is 24.4 Å². The lowest BCUT2D eigenvalue weighted by Crippen LogP contribution is -2.53. The minimum absolute atomic E-state index is 0.0322. The number of methoxy groups -OCH3 is 1. The summed E-state index contributed by atoms with van der Waals surface area (Å²) in [6.45, 7) is 7.18. The molecule has 0 saturated heterocycles. The van der Waals surface area contributed by atoms with Crippen LogP contribution in [0.2, 0.25) is 0 Å². The van der Waals surface area contributed by atoms with E-state index in [0.29, 0.717) is 18.5 Å². The molecule has 0 radical (unpaired) electrons. The van der Waals surface area contributed by atoms with Gasteiger partial charge in [0.15, 0.2) is 0 Å². The highest BCUT2D eigenvalue weighted by molar-refractivity contribution is 5.92. The summed E-state index contributed by atoms with van der Waals surface area (Å²) in [6, 6.07) is 29.4. The van der Waals surface area contributed by atoms with Crippen LogP contribution in [0.5, 0.6) is 0 Å². The standard InChI is InChI=1S/C49H58N4O8/c1-30(2)43(53(6)47(56)45(34-24-25-34)51-49(58)60-29-40-38-20-13-11-18-36(38)37-19-12-14-21-39(37)40)28-44(61-32(4)54)41-22-15-23-42(50-41)46(55)52(5)35(26-31(3)48(57)59-7)27-33-16-9-8-10-17-33/h8-23,30-31,34-35,40,43-45H,24-29H2,1-7H3,(H,51,58)/t31-,35+,43+,44+,45-/m0/s1. The van der Waals surface area contributed by atoms with Gasteiger partial charge in [-0.15, -0.1) is 0 Å². The monoisotopic (exact) mass is 830 g/mol. The molecule has 5 atom stereocenters. The van der Waals surface area contributed by atoms with Crippen molar-refractivity contribution < 1.29 is 38.2 Å². The molecule has 322 valence electrons. The lowest BCUT2D eigenvalue weighted by molar-refractivity contribution is -0.149. The molecule has 2 aliphatic carbocycles. The Morgan fingerprint density at radius 2 is 1.41 bits per heavy atom. The number of carbonyl (C=O) groups is 5. The van der Waals surface area contributed by atoms with Crippen molar-refractivity contribution in [3.8, 4) is 11.1 Å². The third-order valence-corrected chi connectivity index (χ3v) is 12.1. The number of carbonyl (C=O) groups excluding carboxylic acids is 5. The fourth-order valence-corrected chi connectivity index (χ4v) is 8.55. The molecule has 1 N–H and O–H groups in total. The zero-order valence-electron chi connectivity index (χ0n) is 36.2. The highest BCUT2D eigenvalue weighted by Crippen LogP contribution is 2.44. The number of fused-ring (bicyclic) bond motifs is 3. The Bertz CT molecular complexity index is 2140. The second kappa shape index (κ2) is 20.0. The van der Waals surface area contributed by atoms with Crippen molar-refractivity contribution in [2.75, 3.05) is 27.8 Å². The summed E-state index contributed by atoms with van der Waals surface area (Å²) >= 11 is 0. The highest BCUT2D eigenvalue weighted by atomic mass is 16.6. The topological polar surface area (TPSA) is 144 Å². The number of likely N-dealkylation sites (N-methyl/N-ethyl adjacent to an activating group) is 2. The molecule has 6 rings (SSSR count). The highest BCUT2D eigenvalue weighted by Gasteiger charge is 2.42. The van der Waals surface area contributed by atoms with Gasteiger partial charge in [0, 0.05) is 45.4 Å². The average Bonchev–Trinajstić information content (AvgIpc) is 4.06. The second-order valence-corrected chi connectivity index (χ2v) is 16.7. The third-order valence-electron chi connectivity index (χ3n) is 12.1. The average molecular weight is 831 g/mol. The van der Waals surface area contributed by atoms with Crippen molar-refractivity contribution in [1.82, 2.24) is 20.1 Å². The molecule has 2 aliphatic rings. The van der Waals surface area contributed by atoms with E-state index < -0.39 is 36.2 Å². The van der Waals surface area contributed by atoms with E-state index in [1.807, 2.05) is 68.4 Å². The number of aromatic nitrogens is 1. The van der Waals surface area contributed by atoms with Gasteiger partial charge in [-0.2, -0.15) is 0 Å². The molecule has 12 heteroatoms. The number of benzene rings is 3. The normalized spacial score (nSPS) is 15.6.